The first-order valence-electron chi connectivity index (χ1n) is 5.33. The molecule has 0 unspecified atom stereocenters. The zero-order valence-corrected chi connectivity index (χ0v) is 9.02. The van der Waals surface area contributed by atoms with E-state index in [0.717, 1.165) is 17.7 Å². The minimum Gasteiger partial charge on any atom is -0.478 e. The number of aryl methyl sites for hydroxylation is 1. The van der Waals surface area contributed by atoms with Gasteiger partial charge in [0.1, 0.15) is 12.4 Å². The monoisotopic (exact) mass is 218 g/mol. The van der Waals surface area contributed by atoms with Crippen molar-refractivity contribution in [3.63, 3.8) is 0 Å². The molecular formula is C13H14O3. The van der Waals surface area contributed by atoms with E-state index in [2.05, 4.69) is 6.58 Å². The van der Waals surface area contributed by atoms with E-state index < -0.39 is 6.10 Å². The van der Waals surface area contributed by atoms with Crippen LogP contribution in [0.5, 0.6) is 5.75 Å². The molecule has 0 saturated carbocycles. The van der Waals surface area contributed by atoms with Crippen molar-refractivity contribution in [2.75, 3.05) is 6.61 Å². The number of para-hydroxylation sites is 1. The van der Waals surface area contributed by atoms with Crippen LogP contribution in [0.2, 0.25) is 0 Å². The van der Waals surface area contributed by atoms with Gasteiger partial charge in [-0.15, -0.1) is 0 Å². The van der Waals surface area contributed by atoms with Crippen LogP contribution in [0, 0.1) is 0 Å². The van der Waals surface area contributed by atoms with Gasteiger partial charge in [-0.25, -0.2) is 4.79 Å². The Morgan fingerprint density at radius 3 is 3.19 bits per heavy atom. The fourth-order valence-corrected chi connectivity index (χ4v) is 1.72. The summed E-state index contributed by atoms with van der Waals surface area (Å²) >= 11 is 0. The molecule has 2 rings (SSSR count). The highest BCUT2D eigenvalue weighted by molar-refractivity contribution is 5.75. The van der Waals surface area contributed by atoms with Gasteiger partial charge in [0.2, 0.25) is 0 Å². The second-order valence-corrected chi connectivity index (χ2v) is 3.67. The average Bonchev–Trinajstić information content (AvgIpc) is 2.35. The van der Waals surface area contributed by atoms with Gasteiger partial charge in [-0.3, -0.25) is 0 Å². The number of carbonyl (C=O) groups is 1. The summed E-state index contributed by atoms with van der Waals surface area (Å²) in [6.45, 7) is 3.73. The molecule has 0 radical (unpaired) electrons. The molecular weight excluding hydrogens is 204 g/mol. The maximum Gasteiger partial charge on any atom is 0.347 e. The summed E-state index contributed by atoms with van der Waals surface area (Å²) in [6, 6.07) is 7.76. The molecule has 0 saturated heterocycles. The number of fused-ring (bicyclic) bond motifs is 1. The normalized spacial score (nSPS) is 18.1. The molecule has 0 fully saturated rings. The van der Waals surface area contributed by atoms with E-state index in [1.165, 1.54) is 0 Å². The molecule has 1 atom stereocenters. The molecule has 0 spiro atoms. The van der Waals surface area contributed by atoms with Gasteiger partial charge in [0.25, 0.3) is 0 Å². The van der Waals surface area contributed by atoms with Crippen LogP contribution in [0.1, 0.15) is 12.0 Å². The quantitative estimate of drug-likeness (QED) is 0.575. The van der Waals surface area contributed by atoms with Crippen molar-refractivity contribution in [2.45, 2.75) is 18.9 Å². The summed E-state index contributed by atoms with van der Waals surface area (Å²) in [7, 11) is 0. The standard InChI is InChI=1S/C13H14O3/c1-2-9-15-13(14)12-8-7-10-5-3-4-6-11(10)16-12/h2-6,12H,1,7-9H2/t12-/m1/s1. The molecule has 1 aliphatic heterocycles. The van der Waals surface area contributed by atoms with Crippen LogP contribution in [0.3, 0.4) is 0 Å². The molecule has 0 amide bonds. The zero-order chi connectivity index (χ0) is 11.4. The van der Waals surface area contributed by atoms with E-state index in [0.29, 0.717) is 6.42 Å². The van der Waals surface area contributed by atoms with Crippen molar-refractivity contribution in [3.05, 3.63) is 42.5 Å². The average molecular weight is 218 g/mol. The van der Waals surface area contributed by atoms with Crippen LogP contribution < -0.4 is 4.74 Å². The van der Waals surface area contributed by atoms with Crippen LogP contribution >= 0.6 is 0 Å². The number of benzene rings is 1. The fraction of sp³-hybridized carbons (Fsp3) is 0.308. The van der Waals surface area contributed by atoms with Crippen molar-refractivity contribution in [1.29, 1.82) is 0 Å². The topological polar surface area (TPSA) is 35.5 Å². The molecule has 0 N–H and O–H groups in total. The summed E-state index contributed by atoms with van der Waals surface area (Å²) in [4.78, 5) is 11.6. The molecule has 3 heteroatoms. The number of rotatable bonds is 3. The summed E-state index contributed by atoms with van der Waals surface area (Å²) < 4.78 is 10.5. The largest absolute Gasteiger partial charge is 0.478 e. The van der Waals surface area contributed by atoms with Gasteiger partial charge in [-0.2, -0.15) is 0 Å². The molecule has 1 aromatic carbocycles. The summed E-state index contributed by atoms with van der Waals surface area (Å²) in [6.07, 6.45) is 2.60. The van der Waals surface area contributed by atoms with E-state index in [9.17, 15) is 4.79 Å². The first-order chi connectivity index (χ1) is 7.81. The Labute approximate surface area is 94.7 Å². The van der Waals surface area contributed by atoms with Gasteiger partial charge in [0, 0.05) is 0 Å². The van der Waals surface area contributed by atoms with Gasteiger partial charge in [0.05, 0.1) is 0 Å². The van der Waals surface area contributed by atoms with Gasteiger partial charge in [-0.1, -0.05) is 30.9 Å². The van der Waals surface area contributed by atoms with E-state index in [-0.39, 0.29) is 12.6 Å². The summed E-state index contributed by atoms with van der Waals surface area (Å²) in [5, 5.41) is 0. The predicted molar refractivity (Wildman–Crippen MR) is 60.3 cm³/mol. The highest BCUT2D eigenvalue weighted by atomic mass is 16.6. The van der Waals surface area contributed by atoms with E-state index in [4.69, 9.17) is 9.47 Å². The van der Waals surface area contributed by atoms with Crippen molar-refractivity contribution in [3.8, 4) is 5.75 Å². The number of hydrogen-bond donors (Lipinski definition) is 0. The van der Waals surface area contributed by atoms with Crippen molar-refractivity contribution >= 4 is 5.97 Å². The Morgan fingerprint density at radius 2 is 2.38 bits per heavy atom. The molecule has 3 nitrogen and oxygen atoms in total. The highest BCUT2D eigenvalue weighted by Gasteiger charge is 2.26. The van der Waals surface area contributed by atoms with Gasteiger partial charge < -0.3 is 9.47 Å². The Hall–Kier alpha value is -1.77. The lowest BCUT2D eigenvalue weighted by Crippen LogP contribution is -2.32. The zero-order valence-electron chi connectivity index (χ0n) is 9.02. The van der Waals surface area contributed by atoms with Crippen LogP contribution in [-0.4, -0.2) is 18.7 Å². The number of hydrogen-bond acceptors (Lipinski definition) is 3. The Morgan fingerprint density at radius 1 is 1.56 bits per heavy atom. The van der Waals surface area contributed by atoms with E-state index >= 15 is 0 Å². The van der Waals surface area contributed by atoms with Crippen molar-refractivity contribution in [1.82, 2.24) is 0 Å². The second kappa shape index (κ2) is 4.84. The van der Waals surface area contributed by atoms with E-state index in [1.54, 1.807) is 6.08 Å². The van der Waals surface area contributed by atoms with Crippen molar-refractivity contribution in [2.24, 2.45) is 0 Å². The van der Waals surface area contributed by atoms with Gasteiger partial charge in [-0.05, 0) is 24.5 Å². The number of carbonyl (C=O) groups excluding carboxylic acids is 1. The summed E-state index contributed by atoms with van der Waals surface area (Å²) in [5.41, 5.74) is 1.15. The minimum absolute atomic E-state index is 0.236. The maximum absolute atomic E-state index is 11.6. The SMILES string of the molecule is C=CCOC(=O)[C@H]1CCc2ccccc2O1. The lowest BCUT2D eigenvalue weighted by molar-refractivity contribution is -0.151. The molecule has 0 aliphatic carbocycles. The third-order valence-electron chi connectivity index (χ3n) is 2.52. The third kappa shape index (κ3) is 2.24. The second-order valence-electron chi connectivity index (χ2n) is 3.67. The summed E-state index contributed by atoms with van der Waals surface area (Å²) in [5.74, 6) is 0.476. The predicted octanol–water partition coefficient (Wildman–Crippen LogP) is 2.11. The molecule has 16 heavy (non-hydrogen) atoms. The Kier molecular flexibility index (Phi) is 3.25. The van der Waals surface area contributed by atoms with Gasteiger partial charge >= 0.3 is 5.97 Å². The van der Waals surface area contributed by atoms with Crippen LogP contribution in [0.15, 0.2) is 36.9 Å². The minimum atomic E-state index is -0.477. The third-order valence-corrected chi connectivity index (χ3v) is 2.52. The van der Waals surface area contributed by atoms with Crippen molar-refractivity contribution < 1.29 is 14.3 Å². The number of esters is 1. The molecule has 84 valence electrons. The fourth-order valence-electron chi connectivity index (χ4n) is 1.72. The molecule has 1 aromatic rings. The lowest BCUT2D eigenvalue weighted by atomic mass is 10.0. The van der Waals surface area contributed by atoms with Gasteiger partial charge in [0.15, 0.2) is 6.10 Å². The smallest absolute Gasteiger partial charge is 0.347 e. The first-order valence-corrected chi connectivity index (χ1v) is 5.33. The van der Waals surface area contributed by atoms with E-state index in [1.807, 2.05) is 24.3 Å². The first kappa shape index (κ1) is 10.7. The lowest BCUT2D eigenvalue weighted by Gasteiger charge is -2.24. The Bertz CT molecular complexity index is 398. The maximum atomic E-state index is 11.6. The number of ether oxygens (including phenoxy) is 2. The Balaban J connectivity index is 2.02. The van der Waals surface area contributed by atoms with Crippen LogP contribution in [0.25, 0.3) is 0 Å². The molecule has 0 bridgehead atoms. The molecule has 0 aromatic heterocycles. The van der Waals surface area contributed by atoms with Crippen LogP contribution in [-0.2, 0) is 16.0 Å². The van der Waals surface area contributed by atoms with Crippen LogP contribution in [0.4, 0.5) is 0 Å². The molecule has 1 heterocycles. The molecule has 1 aliphatic rings. The highest BCUT2D eigenvalue weighted by Crippen LogP contribution is 2.27.